The quantitative estimate of drug-likeness (QED) is 0.461. The van der Waals surface area contributed by atoms with Crippen molar-refractivity contribution < 1.29 is 4.79 Å². The van der Waals surface area contributed by atoms with E-state index in [0.29, 0.717) is 0 Å². The molecule has 1 amide bonds. The Morgan fingerprint density at radius 1 is 1.80 bits per heavy atom. The fourth-order valence-corrected chi connectivity index (χ4v) is 0.899. The van der Waals surface area contributed by atoms with Crippen LogP contribution in [-0.2, 0) is 4.79 Å². The molecule has 1 saturated heterocycles. The van der Waals surface area contributed by atoms with Crippen LogP contribution in [-0.4, -0.2) is 24.5 Å². The molecule has 0 aromatic carbocycles. The minimum Gasteiger partial charge on any atom is -0.338 e. The van der Waals surface area contributed by atoms with Crippen molar-refractivity contribution in [3.05, 3.63) is 0 Å². The maximum absolute atomic E-state index is 10.6. The Balaban J connectivity index is 2.39. The van der Waals surface area contributed by atoms with Crippen LogP contribution in [0.15, 0.2) is 0 Å². The van der Waals surface area contributed by atoms with Crippen molar-refractivity contribution in [3.63, 3.8) is 0 Å². The second-order valence-electron chi connectivity index (χ2n) is 2.76. The highest BCUT2D eigenvalue weighted by molar-refractivity contribution is 5.93. The molecule has 0 aliphatic carbocycles. The van der Waals surface area contributed by atoms with Crippen LogP contribution in [0.3, 0.4) is 0 Å². The molecule has 0 saturated carbocycles. The topological polar surface area (TPSA) is 41.1 Å². The molecule has 54 valence electrons. The Morgan fingerprint density at radius 2 is 2.40 bits per heavy atom. The Morgan fingerprint density at radius 3 is 2.70 bits per heavy atom. The first kappa shape index (κ1) is 7.10. The highest BCUT2D eigenvalue weighted by Crippen LogP contribution is 2.07. The minimum absolute atomic E-state index is 0.108. The molecule has 0 radical (unpaired) electrons. The number of hydrogen-bond acceptors (Lipinski definition) is 2. The summed E-state index contributed by atoms with van der Waals surface area (Å²) in [4.78, 5) is 10.6. The normalized spacial score (nSPS) is 20.4. The Hall–Kier alpha value is -1.01. The lowest BCUT2D eigenvalue weighted by Gasteiger charge is -2.39. The lowest BCUT2D eigenvalue weighted by molar-refractivity contribution is -0.117. The number of rotatable bonds is 1. The Kier molecular flexibility index (Phi) is 1.64. The summed E-state index contributed by atoms with van der Waals surface area (Å²) in [5.74, 6) is 1.68. The van der Waals surface area contributed by atoms with Gasteiger partial charge in [-0.15, -0.1) is 6.42 Å². The van der Waals surface area contributed by atoms with Crippen molar-refractivity contribution in [2.24, 2.45) is 0 Å². The molecule has 0 atom stereocenters. The van der Waals surface area contributed by atoms with Crippen LogP contribution >= 0.6 is 0 Å². The van der Waals surface area contributed by atoms with E-state index < -0.39 is 0 Å². The van der Waals surface area contributed by atoms with E-state index in [1.807, 2.05) is 12.8 Å². The molecule has 1 aliphatic rings. The van der Waals surface area contributed by atoms with E-state index in [-0.39, 0.29) is 11.4 Å². The predicted octanol–water partition coefficient (Wildman–Crippen LogP) is -0.902. The van der Waals surface area contributed by atoms with Gasteiger partial charge < -0.3 is 10.6 Å². The van der Waals surface area contributed by atoms with Crippen LogP contribution in [0.5, 0.6) is 0 Å². The minimum atomic E-state index is -0.330. The van der Waals surface area contributed by atoms with Crippen molar-refractivity contribution in [2.75, 3.05) is 13.1 Å². The molecule has 0 aromatic heterocycles. The summed E-state index contributed by atoms with van der Waals surface area (Å²) in [6, 6.07) is 0. The van der Waals surface area contributed by atoms with Gasteiger partial charge in [-0.3, -0.25) is 4.79 Å². The molecule has 0 unspecified atom stereocenters. The number of carbonyl (C=O) groups is 1. The molecule has 0 aromatic rings. The zero-order valence-corrected chi connectivity index (χ0v) is 5.90. The number of carbonyl (C=O) groups excluding carboxylic acids is 1. The maximum atomic E-state index is 10.6. The first-order valence-electron chi connectivity index (χ1n) is 3.16. The summed E-state index contributed by atoms with van der Waals surface area (Å²) in [6.07, 6.45) is 4.88. The van der Waals surface area contributed by atoms with E-state index in [2.05, 4.69) is 10.6 Å². The summed E-state index contributed by atoms with van der Waals surface area (Å²) in [5.41, 5.74) is -0.108. The van der Waals surface area contributed by atoms with E-state index in [9.17, 15) is 4.79 Å². The van der Waals surface area contributed by atoms with Gasteiger partial charge >= 0.3 is 0 Å². The van der Waals surface area contributed by atoms with Gasteiger partial charge in [0.25, 0.3) is 5.91 Å². The first-order valence-corrected chi connectivity index (χ1v) is 3.16. The molecule has 10 heavy (non-hydrogen) atoms. The summed E-state index contributed by atoms with van der Waals surface area (Å²) < 4.78 is 0. The van der Waals surface area contributed by atoms with Gasteiger partial charge in [0.2, 0.25) is 0 Å². The molecular formula is C7H10N2O. The zero-order chi connectivity index (χ0) is 7.61. The van der Waals surface area contributed by atoms with Crippen LogP contribution in [0.4, 0.5) is 0 Å². The van der Waals surface area contributed by atoms with Crippen LogP contribution in [0.25, 0.3) is 0 Å². The van der Waals surface area contributed by atoms with E-state index >= 15 is 0 Å². The maximum Gasteiger partial charge on any atom is 0.296 e. The Labute approximate surface area is 60.2 Å². The molecule has 3 heteroatoms. The van der Waals surface area contributed by atoms with E-state index in [1.165, 1.54) is 0 Å². The lowest BCUT2D eigenvalue weighted by atomic mass is 9.95. The van der Waals surface area contributed by atoms with Gasteiger partial charge in [-0.05, 0) is 12.8 Å². The van der Waals surface area contributed by atoms with E-state index in [4.69, 9.17) is 6.42 Å². The van der Waals surface area contributed by atoms with Crippen molar-refractivity contribution in [1.82, 2.24) is 10.6 Å². The number of terminal acetylenes is 1. The molecular weight excluding hydrogens is 128 g/mol. The third kappa shape index (κ3) is 1.28. The average Bonchev–Trinajstić information content (AvgIpc) is 1.84. The van der Waals surface area contributed by atoms with Gasteiger partial charge in [0.05, 0.1) is 5.54 Å². The van der Waals surface area contributed by atoms with Gasteiger partial charge in [-0.2, -0.15) is 0 Å². The van der Waals surface area contributed by atoms with E-state index in [1.54, 1.807) is 0 Å². The molecule has 0 spiro atoms. The number of hydrogen-bond donors (Lipinski definition) is 2. The van der Waals surface area contributed by atoms with Gasteiger partial charge in [0, 0.05) is 13.1 Å². The molecule has 3 nitrogen and oxygen atoms in total. The van der Waals surface area contributed by atoms with Gasteiger partial charge in [0.1, 0.15) is 0 Å². The molecule has 1 rings (SSSR count). The third-order valence-electron chi connectivity index (χ3n) is 1.58. The van der Waals surface area contributed by atoms with Crippen LogP contribution in [0.1, 0.15) is 6.92 Å². The number of nitrogens with one attached hydrogen (secondary N) is 2. The first-order chi connectivity index (χ1) is 4.66. The SMILES string of the molecule is C#CC(=O)NC1(C)CNC1. The second-order valence-corrected chi connectivity index (χ2v) is 2.76. The largest absolute Gasteiger partial charge is 0.338 e. The monoisotopic (exact) mass is 138 g/mol. The smallest absolute Gasteiger partial charge is 0.296 e. The second kappa shape index (κ2) is 2.31. The van der Waals surface area contributed by atoms with Gasteiger partial charge in [0.15, 0.2) is 0 Å². The summed E-state index contributed by atoms with van der Waals surface area (Å²) in [7, 11) is 0. The van der Waals surface area contributed by atoms with Crippen LogP contribution in [0, 0.1) is 12.3 Å². The van der Waals surface area contributed by atoms with Gasteiger partial charge in [-0.1, -0.05) is 0 Å². The zero-order valence-electron chi connectivity index (χ0n) is 5.90. The van der Waals surface area contributed by atoms with Crippen molar-refractivity contribution in [2.45, 2.75) is 12.5 Å². The molecule has 1 heterocycles. The fraction of sp³-hybridized carbons (Fsp3) is 0.571. The average molecular weight is 138 g/mol. The molecule has 2 N–H and O–H groups in total. The third-order valence-corrected chi connectivity index (χ3v) is 1.58. The highest BCUT2D eigenvalue weighted by Gasteiger charge is 2.32. The van der Waals surface area contributed by atoms with Gasteiger partial charge in [-0.25, -0.2) is 0 Å². The summed E-state index contributed by atoms with van der Waals surface area (Å²) >= 11 is 0. The Bertz CT molecular complexity index is 188. The molecule has 1 aliphatic heterocycles. The summed E-state index contributed by atoms with van der Waals surface area (Å²) in [5, 5.41) is 5.75. The van der Waals surface area contributed by atoms with E-state index in [0.717, 1.165) is 13.1 Å². The van der Waals surface area contributed by atoms with Crippen molar-refractivity contribution >= 4 is 5.91 Å². The van der Waals surface area contributed by atoms with Crippen LogP contribution in [0.2, 0.25) is 0 Å². The summed E-state index contributed by atoms with van der Waals surface area (Å²) in [6.45, 7) is 3.57. The van der Waals surface area contributed by atoms with Crippen LogP contribution < -0.4 is 10.6 Å². The number of amides is 1. The molecule has 1 fully saturated rings. The van der Waals surface area contributed by atoms with Crippen molar-refractivity contribution in [3.8, 4) is 12.3 Å². The van der Waals surface area contributed by atoms with Crippen molar-refractivity contribution in [1.29, 1.82) is 0 Å². The fourth-order valence-electron chi connectivity index (χ4n) is 0.899. The molecule has 0 bridgehead atoms. The lowest BCUT2D eigenvalue weighted by Crippen LogP contribution is -2.66. The predicted molar refractivity (Wildman–Crippen MR) is 38.3 cm³/mol. The standard InChI is InChI=1S/C7H10N2O/c1-3-6(10)9-7(2)4-8-5-7/h1,8H,4-5H2,2H3,(H,9,10). The highest BCUT2D eigenvalue weighted by atomic mass is 16.1.